The first-order chi connectivity index (χ1) is 15.8. The van der Waals surface area contributed by atoms with E-state index in [0.29, 0.717) is 37.6 Å². The van der Waals surface area contributed by atoms with E-state index in [-0.39, 0.29) is 37.5 Å². The summed E-state index contributed by atoms with van der Waals surface area (Å²) in [6.45, 7) is 1.23. The number of isocyanates is 2. The van der Waals surface area contributed by atoms with Gasteiger partial charge in [0, 0.05) is 12.8 Å². The minimum absolute atomic E-state index is 0.275. The van der Waals surface area contributed by atoms with Gasteiger partial charge in [0.15, 0.2) is 0 Å². The summed E-state index contributed by atoms with van der Waals surface area (Å²) < 4.78 is 35.5. The Morgan fingerprint density at radius 2 is 1.31 bits per heavy atom. The maximum atomic E-state index is 10.4. The molecular weight excluding hydrogens is 420 g/mol. The number of hydrogen-bond donors (Lipinski definition) is 0. The summed E-state index contributed by atoms with van der Waals surface area (Å²) >= 11 is 0. The number of nitrogens with zero attached hydrogens (tertiary/aromatic N) is 2. The largest absolute Gasteiger partial charge is 0.467 e. The van der Waals surface area contributed by atoms with Crippen LogP contribution in [0.2, 0.25) is 0 Å². The van der Waals surface area contributed by atoms with Crippen LogP contribution in [-0.2, 0) is 28.5 Å². The lowest BCUT2D eigenvalue weighted by Gasteiger charge is -2.23. The molecule has 4 heterocycles. The fraction of sp³-hybridized carbons (Fsp3) is 0.545. The zero-order valence-electron chi connectivity index (χ0n) is 17.3. The molecule has 0 bridgehead atoms. The molecule has 2 fully saturated rings. The minimum atomic E-state index is -0.393. The van der Waals surface area contributed by atoms with Crippen LogP contribution < -0.4 is 0 Å². The van der Waals surface area contributed by atoms with Gasteiger partial charge in [0.25, 0.3) is 0 Å². The van der Waals surface area contributed by atoms with E-state index in [1.54, 1.807) is 24.7 Å². The van der Waals surface area contributed by atoms with Crippen molar-refractivity contribution in [2.45, 2.75) is 49.5 Å². The normalized spacial score (nSPS) is 26.1. The molecule has 2 aliphatic heterocycles. The summed E-state index contributed by atoms with van der Waals surface area (Å²) in [4.78, 5) is 28.1. The number of fused-ring (bicyclic) bond motifs is 1. The van der Waals surface area contributed by atoms with E-state index in [2.05, 4.69) is 9.98 Å². The van der Waals surface area contributed by atoms with E-state index in [4.69, 9.17) is 27.8 Å². The van der Waals surface area contributed by atoms with Crippen LogP contribution in [0.3, 0.4) is 0 Å². The molecule has 6 atom stereocenters. The van der Waals surface area contributed by atoms with Crippen molar-refractivity contribution in [3.05, 3.63) is 48.3 Å². The van der Waals surface area contributed by atoms with Crippen molar-refractivity contribution < 1.29 is 37.4 Å². The highest BCUT2D eigenvalue weighted by Gasteiger charge is 2.50. The third kappa shape index (κ3) is 5.31. The Balaban J connectivity index is 1.38. The van der Waals surface area contributed by atoms with Crippen molar-refractivity contribution >= 4 is 12.2 Å². The first kappa shape index (κ1) is 22.4. The molecule has 0 aliphatic carbocycles. The molecule has 2 aliphatic rings. The van der Waals surface area contributed by atoms with Crippen molar-refractivity contribution in [2.75, 3.05) is 26.3 Å². The second kappa shape index (κ2) is 11.2. The molecule has 10 heteroatoms. The summed E-state index contributed by atoms with van der Waals surface area (Å²) in [5.41, 5.74) is 0. The lowest BCUT2D eigenvalue weighted by atomic mass is 10.1. The highest BCUT2D eigenvalue weighted by atomic mass is 16.6. The Hall–Kier alpha value is -2.84. The van der Waals surface area contributed by atoms with Crippen molar-refractivity contribution in [3.8, 4) is 0 Å². The molecule has 170 valence electrons. The van der Waals surface area contributed by atoms with Crippen LogP contribution in [-0.4, -0.2) is 62.9 Å². The van der Waals surface area contributed by atoms with Crippen LogP contribution in [0.5, 0.6) is 0 Å². The van der Waals surface area contributed by atoms with Gasteiger partial charge in [-0.2, -0.15) is 0 Å². The zero-order valence-corrected chi connectivity index (χ0v) is 17.3. The molecule has 4 rings (SSSR count). The van der Waals surface area contributed by atoms with Crippen LogP contribution in [0, 0.1) is 0 Å². The lowest BCUT2D eigenvalue weighted by Crippen LogP contribution is -2.35. The number of aliphatic imine (C=N–C) groups is 2. The first-order valence-corrected chi connectivity index (χ1v) is 10.5. The maximum Gasteiger partial charge on any atom is 0.234 e. The number of carbonyl (C=O) groups excluding carboxylic acids is 2. The molecule has 32 heavy (non-hydrogen) atoms. The van der Waals surface area contributed by atoms with Gasteiger partial charge < -0.3 is 27.8 Å². The number of furan rings is 2. The van der Waals surface area contributed by atoms with Gasteiger partial charge in [-0.25, -0.2) is 19.6 Å². The predicted octanol–water partition coefficient (Wildman–Crippen LogP) is 2.67. The topological polar surface area (TPSA) is 122 Å². The van der Waals surface area contributed by atoms with Gasteiger partial charge in [0.2, 0.25) is 12.2 Å². The average Bonchev–Trinajstić information content (AvgIpc) is 3.60. The summed E-state index contributed by atoms with van der Waals surface area (Å²) in [7, 11) is 0. The highest BCUT2D eigenvalue weighted by molar-refractivity contribution is 5.33. The monoisotopic (exact) mass is 444 g/mol. The SMILES string of the molecule is O=C=NCCC(O[C@H]1COC2C1OC[C@H]2OC(CCN=C=O)c1ccco1)c1ccco1. The second-order valence-corrected chi connectivity index (χ2v) is 7.48. The van der Waals surface area contributed by atoms with E-state index in [1.165, 1.54) is 12.2 Å². The van der Waals surface area contributed by atoms with Crippen LogP contribution in [0.25, 0.3) is 0 Å². The van der Waals surface area contributed by atoms with Gasteiger partial charge in [-0.05, 0) is 24.3 Å². The second-order valence-electron chi connectivity index (χ2n) is 7.48. The van der Waals surface area contributed by atoms with Crippen LogP contribution >= 0.6 is 0 Å². The van der Waals surface area contributed by atoms with Crippen molar-refractivity contribution in [2.24, 2.45) is 9.98 Å². The van der Waals surface area contributed by atoms with E-state index in [1.807, 2.05) is 12.1 Å². The van der Waals surface area contributed by atoms with Gasteiger partial charge in [0.05, 0.1) is 38.8 Å². The van der Waals surface area contributed by atoms with Crippen LogP contribution in [0.1, 0.15) is 36.6 Å². The molecule has 4 unspecified atom stereocenters. The molecule has 0 radical (unpaired) electrons. The molecule has 0 N–H and O–H groups in total. The van der Waals surface area contributed by atoms with E-state index >= 15 is 0 Å². The molecule has 10 nitrogen and oxygen atoms in total. The summed E-state index contributed by atoms with van der Waals surface area (Å²) in [6, 6.07) is 7.20. The third-order valence-corrected chi connectivity index (χ3v) is 5.50. The Bertz CT molecular complexity index is 842. The van der Waals surface area contributed by atoms with E-state index in [9.17, 15) is 9.59 Å². The van der Waals surface area contributed by atoms with Crippen LogP contribution in [0.15, 0.2) is 55.6 Å². The minimum Gasteiger partial charge on any atom is -0.467 e. The predicted molar refractivity (Wildman–Crippen MR) is 107 cm³/mol. The van der Waals surface area contributed by atoms with E-state index < -0.39 is 12.2 Å². The van der Waals surface area contributed by atoms with Crippen molar-refractivity contribution in [1.29, 1.82) is 0 Å². The number of hydrogen-bond acceptors (Lipinski definition) is 10. The zero-order chi connectivity index (χ0) is 22.2. The Morgan fingerprint density at radius 1 is 0.844 bits per heavy atom. The lowest BCUT2D eigenvalue weighted by molar-refractivity contribution is -0.0954. The number of ether oxygens (including phenoxy) is 4. The van der Waals surface area contributed by atoms with Gasteiger partial charge in [-0.15, -0.1) is 0 Å². The highest BCUT2D eigenvalue weighted by Crippen LogP contribution is 2.36. The fourth-order valence-corrected chi connectivity index (χ4v) is 4.04. The van der Waals surface area contributed by atoms with Crippen molar-refractivity contribution in [3.63, 3.8) is 0 Å². The van der Waals surface area contributed by atoms with Gasteiger partial charge >= 0.3 is 0 Å². The molecular formula is C22H24N2O8. The standard InChI is InChI=1S/C22H24N2O8/c25-13-23-7-5-17(15-3-1-9-27-15)31-19-11-29-22-20(12-30-21(19)22)32-18(6-8-24-14-26)16-4-2-10-28-16/h1-4,9-10,17-22H,5-8,11-12H2/t17?,18?,19-,20+,21?,22?. The van der Waals surface area contributed by atoms with Crippen LogP contribution in [0.4, 0.5) is 0 Å². The van der Waals surface area contributed by atoms with Gasteiger partial charge in [-0.3, -0.25) is 0 Å². The summed E-state index contributed by atoms with van der Waals surface area (Å²) in [6.07, 6.45) is 5.10. The fourth-order valence-electron chi connectivity index (χ4n) is 4.04. The molecule has 0 saturated carbocycles. The average molecular weight is 444 g/mol. The molecule has 0 spiro atoms. The molecule has 0 aromatic carbocycles. The first-order valence-electron chi connectivity index (χ1n) is 10.5. The third-order valence-electron chi connectivity index (χ3n) is 5.50. The summed E-state index contributed by atoms with van der Waals surface area (Å²) in [5, 5.41) is 0. The molecule has 2 saturated heterocycles. The molecule has 0 amide bonds. The smallest absolute Gasteiger partial charge is 0.234 e. The van der Waals surface area contributed by atoms with E-state index in [0.717, 1.165) is 0 Å². The van der Waals surface area contributed by atoms with Gasteiger partial charge in [-0.1, -0.05) is 0 Å². The Kier molecular flexibility index (Phi) is 7.79. The molecule has 2 aromatic rings. The van der Waals surface area contributed by atoms with Gasteiger partial charge in [0.1, 0.15) is 48.1 Å². The maximum absolute atomic E-state index is 10.4. The van der Waals surface area contributed by atoms with Crippen molar-refractivity contribution in [1.82, 2.24) is 0 Å². The summed E-state index contributed by atoms with van der Waals surface area (Å²) in [5.74, 6) is 1.29. The quantitative estimate of drug-likeness (QED) is 0.362. The Morgan fingerprint density at radius 3 is 1.69 bits per heavy atom. The Labute approximate surface area is 184 Å². The molecule has 2 aromatic heterocycles. The number of rotatable bonds is 12.